The second-order valence-electron chi connectivity index (χ2n) is 37.9. The van der Waals surface area contributed by atoms with E-state index in [1.54, 1.807) is 0 Å². The Morgan fingerprint density at radius 3 is 0.843 bits per heavy atom. The highest BCUT2D eigenvalue weighted by Gasteiger charge is 2.52. The van der Waals surface area contributed by atoms with Crippen LogP contribution in [-0.4, -0.2) is 243 Å². The van der Waals surface area contributed by atoms with Gasteiger partial charge in [0.15, 0.2) is 39.6 Å². The summed E-state index contributed by atoms with van der Waals surface area (Å²) < 4.78 is 116. The number of methoxy groups -OCH3 is 2. The standard InChI is InChI=1S/2C32H41N3O8SSi.C31H39N3O8SSi/c2*1-32(2,3)45(5,6)43-20-17-27-30(36)33(18-19-34(27)44(40,41)29-14-10-9-13-26(29)35(38)39)28(31(37)42-4)22-23-15-16-24-11-7-8-12-25(24)21-23;1-31(2,3)44(4,5)42-19-16-26-29(35)32(17-18-33(26)43(40,41)28-13-9-8-12-25(28)34(38)39)27(30(36)37)21-22-14-15-23-10-6-7-11-24(23)20-22/h2*7-16,21,27-28H,17-20,22H2,1-6H3;6-15,20,26-27H,16-19,21H2,1-5H3,(H,36,37). The minimum atomic E-state index is -4.51. The monoisotopic (exact) mass is 1950 g/mol. The Bertz CT molecular complexity index is 5980. The molecule has 39 heteroatoms. The van der Waals surface area contributed by atoms with E-state index in [2.05, 4.69) is 88.5 Å². The van der Waals surface area contributed by atoms with Crippen LogP contribution in [0.2, 0.25) is 54.4 Å². The molecule has 0 radical (unpaired) electrons. The number of nitro groups is 3. The molecule has 6 atom stereocenters. The largest absolute Gasteiger partial charge is 0.480 e. The van der Waals surface area contributed by atoms with Crippen molar-refractivity contribution in [2.45, 2.75) is 206 Å². The third-order valence-corrected chi connectivity index (χ3v) is 45.9. The zero-order chi connectivity index (χ0) is 98.8. The van der Waals surface area contributed by atoms with E-state index >= 15 is 0 Å². The molecule has 9 aromatic carbocycles. The van der Waals surface area contributed by atoms with Crippen molar-refractivity contribution >= 4 is 140 Å². The van der Waals surface area contributed by atoms with Crippen molar-refractivity contribution < 1.29 is 96.6 Å². The SMILES string of the molecule is CC(C)(C)[Si](C)(C)OCCC1C(=O)N(C(Cc2ccc3ccccc3c2)C(=O)O)CCN1S(=O)(=O)c1ccccc1[N+](=O)[O-].COC(=O)C(Cc1ccc2ccccc2c1)N1CCN(S(=O)(=O)c2ccccc2[N+](=O)[O-])C(CCO[Si](C)(C)C(C)(C)C)C1=O.COC(=O)C(Cc1ccc2ccccc2c1)N1CCN(S(=O)(=O)c2ccccc2[N+](=O)[O-])C(CCO[Si](C)(C)C(C)(C)C)C1=O. The van der Waals surface area contributed by atoms with Gasteiger partial charge in [0.1, 0.15) is 36.3 Å². The van der Waals surface area contributed by atoms with E-state index in [9.17, 15) is 89.5 Å². The zero-order valence-electron chi connectivity index (χ0n) is 78.7. The van der Waals surface area contributed by atoms with E-state index in [4.69, 9.17) is 22.8 Å². The zero-order valence-corrected chi connectivity index (χ0v) is 84.2. The number of rotatable bonds is 33. The van der Waals surface area contributed by atoms with Crippen LogP contribution in [0.4, 0.5) is 17.1 Å². The van der Waals surface area contributed by atoms with Crippen molar-refractivity contribution in [3.8, 4) is 0 Å². The Balaban J connectivity index is 0.000000208. The number of carbonyl (C=O) groups is 6. The van der Waals surface area contributed by atoms with Crippen molar-refractivity contribution in [3.05, 3.63) is 247 Å². The number of nitrogens with zero attached hydrogens (tertiary/aromatic N) is 9. The number of nitro benzene ring substituents is 3. The van der Waals surface area contributed by atoms with Gasteiger partial charge in [-0.25, -0.2) is 39.6 Å². The minimum absolute atomic E-state index is 0.00553. The van der Waals surface area contributed by atoms with Crippen LogP contribution in [0.25, 0.3) is 32.3 Å². The number of amides is 3. The van der Waals surface area contributed by atoms with Gasteiger partial charge in [-0.3, -0.25) is 44.7 Å². The van der Waals surface area contributed by atoms with Crippen LogP contribution >= 0.6 is 0 Å². The molecule has 9 aromatic rings. The molecule has 720 valence electrons. The highest BCUT2D eigenvalue weighted by Crippen LogP contribution is 2.42. The summed E-state index contributed by atoms with van der Waals surface area (Å²) in [6.45, 7) is 30.2. The maximum absolute atomic E-state index is 14.3. The number of fused-ring (bicyclic) bond motifs is 3. The van der Waals surface area contributed by atoms with Gasteiger partial charge in [-0.15, -0.1) is 0 Å². The molecule has 3 fully saturated rings. The van der Waals surface area contributed by atoms with Gasteiger partial charge < -0.3 is 42.6 Å². The summed E-state index contributed by atoms with van der Waals surface area (Å²) in [6.07, 6.45) is 0.317. The van der Waals surface area contributed by atoms with Gasteiger partial charge >= 0.3 is 17.9 Å². The fraction of sp³-hybridized carbons (Fsp3) is 0.432. The van der Waals surface area contributed by atoms with Crippen molar-refractivity contribution in [2.75, 3.05) is 73.3 Å². The van der Waals surface area contributed by atoms with E-state index in [0.717, 1.165) is 86.2 Å². The molecule has 33 nitrogen and oxygen atoms in total. The molecule has 12 rings (SSSR count). The summed E-state index contributed by atoms with van der Waals surface area (Å²) in [7, 11) is -17.8. The maximum atomic E-state index is 14.3. The number of hydrogen-bond donors (Lipinski definition) is 1. The molecule has 0 saturated carbocycles. The van der Waals surface area contributed by atoms with Crippen molar-refractivity contribution in [1.29, 1.82) is 0 Å². The molecule has 134 heavy (non-hydrogen) atoms. The van der Waals surface area contributed by atoms with Crippen LogP contribution in [-0.2, 0) is 101 Å². The molecule has 0 aromatic heterocycles. The van der Waals surface area contributed by atoms with Crippen LogP contribution in [0.15, 0.2) is 215 Å². The summed E-state index contributed by atoms with van der Waals surface area (Å²) in [5, 5.41) is 51.0. The average molecular weight is 1950 g/mol. The van der Waals surface area contributed by atoms with Crippen LogP contribution in [0.1, 0.15) is 98.3 Å². The Morgan fingerprint density at radius 2 is 0.604 bits per heavy atom. The van der Waals surface area contributed by atoms with Crippen LogP contribution < -0.4 is 0 Å². The minimum Gasteiger partial charge on any atom is -0.480 e. The summed E-state index contributed by atoms with van der Waals surface area (Å²) in [6, 6.07) is 48.5. The molecule has 0 bridgehead atoms. The van der Waals surface area contributed by atoms with E-state index in [0.29, 0.717) is 0 Å². The first-order chi connectivity index (χ1) is 62.7. The smallest absolute Gasteiger partial charge is 0.328 e. The highest BCUT2D eigenvalue weighted by atomic mass is 32.2. The van der Waals surface area contributed by atoms with Gasteiger partial charge in [0.25, 0.3) is 47.1 Å². The quantitative estimate of drug-likeness (QED) is 0.0173. The predicted molar refractivity (Wildman–Crippen MR) is 517 cm³/mol. The average Bonchev–Trinajstić information content (AvgIpc) is 0.760. The van der Waals surface area contributed by atoms with E-state index in [1.165, 1.54) is 77.5 Å². The number of piperazine rings is 3. The molecule has 3 amide bonds. The third-order valence-electron chi connectivity index (χ3n) is 26.4. The number of carboxylic acids is 1. The maximum Gasteiger partial charge on any atom is 0.328 e. The van der Waals surface area contributed by atoms with Crippen LogP contribution in [0.3, 0.4) is 0 Å². The lowest BCUT2D eigenvalue weighted by molar-refractivity contribution is -0.388. The van der Waals surface area contributed by atoms with Gasteiger partial charge in [0.2, 0.25) is 17.7 Å². The molecule has 6 unspecified atom stereocenters. The van der Waals surface area contributed by atoms with Gasteiger partial charge in [-0.1, -0.05) is 226 Å². The van der Waals surface area contributed by atoms with Crippen molar-refractivity contribution in [2.24, 2.45) is 0 Å². The lowest BCUT2D eigenvalue weighted by atomic mass is 9.99. The second kappa shape index (κ2) is 42.9. The Hall–Kier alpha value is -11.0. The Morgan fingerprint density at radius 1 is 0.373 bits per heavy atom. The van der Waals surface area contributed by atoms with E-state index in [1.807, 2.05) is 140 Å². The summed E-state index contributed by atoms with van der Waals surface area (Å²) in [5.41, 5.74) is 0.587. The number of carboxylic acid groups (broad SMARTS) is 1. The number of hydrogen-bond acceptors (Lipinski definition) is 23. The number of sulfonamides is 3. The fourth-order valence-electron chi connectivity index (χ4n) is 15.7. The lowest BCUT2D eigenvalue weighted by Crippen LogP contribution is -2.63. The topological polar surface area (TPSA) is 420 Å². The number of aliphatic carboxylic acids is 1. The first-order valence-electron chi connectivity index (χ1n) is 44.1. The van der Waals surface area contributed by atoms with Gasteiger partial charge in [-0.05, 0) is 141 Å². The predicted octanol–water partition coefficient (Wildman–Crippen LogP) is 15.3. The number of benzene rings is 9. The molecule has 3 heterocycles. The van der Waals surface area contributed by atoms with Crippen LogP contribution in [0, 0.1) is 30.3 Å². The fourth-order valence-corrected chi connectivity index (χ4v) is 24.2. The number of carbonyl (C=O) groups excluding carboxylic acids is 5. The van der Waals surface area contributed by atoms with Gasteiger partial charge in [0, 0.05) is 96.6 Å². The first kappa shape index (κ1) is 105. The number of para-hydroxylation sites is 3. The summed E-state index contributed by atoms with van der Waals surface area (Å²) in [4.78, 5) is 117. The lowest BCUT2D eigenvalue weighted by Gasteiger charge is -2.43. The van der Waals surface area contributed by atoms with Crippen LogP contribution in [0.5, 0.6) is 0 Å². The molecule has 3 saturated heterocycles. The summed E-state index contributed by atoms with van der Waals surface area (Å²) in [5.74, 6) is -4.30. The third kappa shape index (κ3) is 24.1. The normalized spacial score (nSPS) is 17.4. The number of esters is 2. The van der Waals surface area contributed by atoms with E-state index < -0.39 is 173 Å². The van der Waals surface area contributed by atoms with E-state index in [-0.39, 0.29) is 113 Å². The molecule has 0 aliphatic carbocycles. The van der Waals surface area contributed by atoms with Gasteiger partial charge in [-0.2, -0.15) is 12.9 Å². The molecule has 3 aliphatic rings. The second-order valence-corrected chi connectivity index (χ2v) is 58.0. The molecular formula is C95H121N9O24S3Si3. The molecular weight excluding hydrogens is 1830 g/mol. The molecule has 3 aliphatic heterocycles. The number of ether oxygens (including phenoxy) is 2. The van der Waals surface area contributed by atoms with Gasteiger partial charge in [0.05, 0.1) is 29.0 Å². The Kier molecular flexibility index (Phi) is 33.7. The Labute approximate surface area is 786 Å². The van der Waals surface area contributed by atoms with Crippen molar-refractivity contribution in [1.82, 2.24) is 27.6 Å². The molecule has 1 N–H and O–H groups in total. The van der Waals surface area contributed by atoms with Crippen molar-refractivity contribution in [3.63, 3.8) is 0 Å². The highest BCUT2D eigenvalue weighted by molar-refractivity contribution is 7.90. The first-order valence-corrected chi connectivity index (χ1v) is 57.2. The summed E-state index contributed by atoms with van der Waals surface area (Å²) >= 11 is 0. The molecule has 0 spiro atoms.